The van der Waals surface area contributed by atoms with Crippen molar-refractivity contribution in [3.05, 3.63) is 180 Å². The van der Waals surface area contributed by atoms with Crippen molar-refractivity contribution in [1.82, 2.24) is 21.3 Å². The maximum Gasteiger partial charge on any atom is 0.185 e. The molecule has 0 aromatic heterocycles. The molecule has 1 heterocycles. The van der Waals surface area contributed by atoms with E-state index in [1.54, 1.807) is 0 Å². The molecule has 5 rings (SSSR count). The predicted molar refractivity (Wildman–Crippen MR) is 212 cm³/mol. The molecule has 2 unspecified atom stereocenters. The Bertz CT molecular complexity index is 1470. The molecule has 0 saturated heterocycles. The molecule has 1 aliphatic heterocycles. The zero-order valence-corrected chi connectivity index (χ0v) is 29.5. The Kier molecular flexibility index (Phi) is 16.0. The summed E-state index contributed by atoms with van der Waals surface area (Å²) in [5.74, 6) is 0. The zero-order valence-electron chi connectivity index (χ0n) is 29.5. The molecule has 0 spiro atoms. The second-order valence-electron chi connectivity index (χ2n) is 12.9. The van der Waals surface area contributed by atoms with Gasteiger partial charge in [-0.1, -0.05) is 123 Å². The third kappa shape index (κ3) is 12.9. The molecule has 0 amide bonds. The molecule has 4 aromatic carbocycles. The Balaban J connectivity index is 1.27. The molecule has 0 bridgehead atoms. The molecule has 1 aliphatic rings. The lowest BCUT2D eigenvalue weighted by molar-refractivity contribution is 0.554. The molecule has 4 nitrogen and oxygen atoms in total. The van der Waals surface area contributed by atoms with E-state index in [1.165, 1.54) is 47.9 Å². The minimum Gasteiger partial charge on any atom is -0.310 e. The van der Waals surface area contributed by atoms with Crippen LogP contribution < -0.4 is 21.3 Å². The lowest BCUT2D eigenvalue weighted by Gasteiger charge is -2.14. The van der Waals surface area contributed by atoms with Gasteiger partial charge in [0.25, 0.3) is 0 Å². The van der Waals surface area contributed by atoms with Gasteiger partial charge in [-0.2, -0.15) is 0 Å². The van der Waals surface area contributed by atoms with Gasteiger partial charge in [0.05, 0.1) is 47.5 Å². The summed E-state index contributed by atoms with van der Waals surface area (Å²) in [6, 6.07) is 42.8. The second kappa shape index (κ2) is 22.0. The van der Waals surface area contributed by atoms with Crippen LogP contribution in [0.5, 0.6) is 0 Å². The first-order chi connectivity index (χ1) is 24.9. The van der Waals surface area contributed by atoms with E-state index in [4.69, 9.17) is 0 Å². The summed E-state index contributed by atoms with van der Waals surface area (Å²) in [7, 11) is 0. The van der Waals surface area contributed by atoms with Gasteiger partial charge < -0.3 is 21.3 Å². The molecular weight excluding hydrogens is 609 g/mol. The van der Waals surface area contributed by atoms with E-state index in [1.807, 2.05) is 0 Å². The highest BCUT2D eigenvalue weighted by Crippen LogP contribution is 2.18. The van der Waals surface area contributed by atoms with Crippen molar-refractivity contribution in [2.75, 3.05) is 26.2 Å². The fourth-order valence-corrected chi connectivity index (χ4v) is 6.20. The van der Waals surface area contributed by atoms with Crippen LogP contribution in [0.2, 0.25) is 0 Å². The highest BCUT2D eigenvalue weighted by molar-refractivity contribution is 5.65. The van der Waals surface area contributed by atoms with Crippen molar-refractivity contribution in [2.24, 2.45) is 0 Å². The predicted octanol–water partition coefficient (Wildman–Crippen LogP) is 9.76. The van der Waals surface area contributed by atoms with Crippen LogP contribution in [-0.4, -0.2) is 26.2 Å². The number of rotatable bonds is 4. The Morgan fingerprint density at radius 1 is 0.380 bits per heavy atom. The highest BCUT2D eigenvalue weighted by Gasteiger charge is 2.14. The monoisotopic (exact) mass is 662 g/mol. The highest BCUT2D eigenvalue weighted by atomic mass is 14.9. The minimum atomic E-state index is 0.114. The number of allylic oxidation sites excluding steroid dienone is 4. The molecule has 2 atom stereocenters. The fraction of sp³-hybridized carbons (Fsp3) is 0.304. The summed E-state index contributed by atoms with van der Waals surface area (Å²) in [5.41, 5.74) is 7.12. The average molecular weight is 663 g/mol. The summed E-state index contributed by atoms with van der Waals surface area (Å²) in [6.07, 6.45) is 24.9. The summed E-state index contributed by atoms with van der Waals surface area (Å²) >= 11 is 0. The summed E-state index contributed by atoms with van der Waals surface area (Å²) in [5, 5.41) is 15.0. The number of hydrogen-bond acceptors (Lipinski definition) is 4. The molecule has 50 heavy (non-hydrogen) atoms. The Morgan fingerprint density at radius 2 is 0.720 bits per heavy atom. The van der Waals surface area contributed by atoms with Crippen LogP contribution in [0, 0.1) is 12.2 Å². The lowest BCUT2D eigenvalue weighted by atomic mass is 10.0. The lowest BCUT2D eigenvalue weighted by Crippen LogP contribution is -2.21. The van der Waals surface area contributed by atoms with Gasteiger partial charge in [0.15, 0.2) is 23.5 Å². The zero-order chi connectivity index (χ0) is 34.3. The van der Waals surface area contributed by atoms with Crippen molar-refractivity contribution in [3.8, 4) is 0 Å². The van der Waals surface area contributed by atoms with Crippen LogP contribution in [0.3, 0.4) is 0 Å². The van der Waals surface area contributed by atoms with E-state index in [9.17, 15) is 0 Å². The van der Waals surface area contributed by atoms with Crippen LogP contribution >= 0.6 is 0 Å². The first-order valence-corrected chi connectivity index (χ1v) is 18.6. The van der Waals surface area contributed by atoms with Gasteiger partial charge >= 0.3 is 0 Å². The van der Waals surface area contributed by atoms with Crippen LogP contribution in [-0.2, 0) is 0 Å². The average Bonchev–Trinajstić information content (AvgIpc) is 3.17. The van der Waals surface area contributed by atoms with Gasteiger partial charge in [0.1, 0.15) is 0 Å². The van der Waals surface area contributed by atoms with E-state index in [-0.39, 0.29) is 12.1 Å². The van der Waals surface area contributed by atoms with E-state index >= 15 is 0 Å². The molecule has 0 aliphatic carbocycles. The van der Waals surface area contributed by atoms with Gasteiger partial charge in [-0.05, 0) is 74.2 Å². The van der Waals surface area contributed by atoms with Crippen LogP contribution in [0.25, 0.3) is 11.4 Å². The standard InChI is InChI=1S/C46H54N4/c1-2-18-36-48-44(40-25-11-6-12-26-40)32-22-34-46(42-29-15-8-16-30-42)50-38-20-4-3-19-37-49-45(41-27-13-7-14-28-41)33-21-31-43(47-35-17-1)39-23-9-5-10-24-39/h5-16,23-34,43,46-50H,1-4,17-20,35-38H2/q+2/b44-32+,45-33+. The quantitative estimate of drug-likeness (QED) is 0.164. The van der Waals surface area contributed by atoms with E-state index < -0.39 is 0 Å². The van der Waals surface area contributed by atoms with Crippen molar-refractivity contribution >= 4 is 11.4 Å². The topological polar surface area (TPSA) is 48.1 Å². The molecule has 0 saturated carbocycles. The Morgan fingerprint density at radius 3 is 1.10 bits per heavy atom. The first kappa shape index (κ1) is 36.5. The normalized spacial score (nSPS) is 21.4. The molecule has 256 valence electrons. The number of hydrogen-bond donors (Lipinski definition) is 4. The molecule has 0 fully saturated rings. The molecule has 4 N–H and O–H groups in total. The van der Waals surface area contributed by atoms with Crippen molar-refractivity contribution in [2.45, 2.75) is 63.5 Å². The number of nitrogens with one attached hydrogen (secondary N) is 4. The van der Waals surface area contributed by atoms with Gasteiger partial charge in [-0.15, -0.1) is 0 Å². The molecule has 4 heteroatoms. The van der Waals surface area contributed by atoms with Gasteiger partial charge in [-0.3, -0.25) is 0 Å². The van der Waals surface area contributed by atoms with E-state index in [2.05, 4.69) is 179 Å². The molecular formula is C46H54N4+2. The van der Waals surface area contributed by atoms with Crippen molar-refractivity contribution < 1.29 is 0 Å². The van der Waals surface area contributed by atoms with E-state index in [0.717, 1.165) is 63.3 Å². The first-order valence-electron chi connectivity index (χ1n) is 18.6. The van der Waals surface area contributed by atoms with Gasteiger partial charge in [-0.25, -0.2) is 0 Å². The van der Waals surface area contributed by atoms with Gasteiger partial charge in [0, 0.05) is 13.1 Å². The van der Waals surface area contributed by atoms with Crippen molar-refractivity contribution in [3.63, 3.8) is 0 Å². The van der Waals surface area contributed by atoms with Crippen LogP contribution in [0.4, 0.5) is 0 Å². The van der Waals surface area contributed by atoms with Crippen LogP contribution in [0.1, 0.15) is 85.7 Å². The third-order valence-electron chi connectivity index (χ3n) is 9.03. The number of benzene rings is 4. The minimum absolute atomic E-state index is 0.114. The SMILES string of the molecule is [C+]1=CC(c2ccccc2)NCCCCCCN/C(c2ccccc2)=C/[C+]=CC(c2ccccc2)NCCCCCCN/C(c2ccccc2)=C/1. The summed E-state index contributed by atoms with van der Waals surface area (Å²) in [6.45, 7) is 3.80. The Labute approximate surface area is 301 Å². The maximum atomic E-state index is 3.79. The van der Waals surface area contributed by atoms with Gasteiger partial charge in [0.2, 0.25) is 0 Å². The smallest absolute Gasteiger partial charge is 0.185 e. The van der Waals surface area contributed by atoms with Crippen molar-refractivity contribution in [1.29, 1.82) is 0 Å². The van der Waals surface area contributed by atoms with E-state index in [0.29, 0.717) is 0 Å². The summed E-state index contributed by atoms with van der Waals surface area (Å²) in [4.78, 5) is 0. The largest absolute Gasteiger partial charge is 0.310 e. The maximum absolute atomic E-state index is 3.79. The Hall–Kier alpha value is -4.82. The molecule has 0 radical (unpaired) electrons. The second-order valence-corrected chi connectivity index (χ2v) is 12.9. The fourth-order valence-electron chi connectivity index (χ4n) is 6.20. The summed E-state index contributed by atoms with van der Waals surface area (Å²) < 4.78 is 0. The third-order valence-corrected chi connectivity index (χ3v) is 9.03. The van der Waals surface area contributed by atoms with Crippen LogP contribution in [0.15, 0.2) is 146 Å². The molecule has 4 aromatic rings.